The largest absolute Gasteiger partial charge is 0.491 e. The van der Waals surface area contributed by atoms with Crippen LogP contribution >= 0.6 is 22.9 Å². The van der Waals surface area contributed by atoms with Gasteiger partial charge in [-0.3, -0.25) is 28.9 Å². The molecular weight excluding hydrogens is 987 g/mol. The predicted molar refractivity (Wildman–Crippen MR) is 286 cm³/mol. The third kappa shape index (κ3) is 14.8. The van der Waals surface area contributed by atoms with E-state index in [2.05, 4.69) is 47.7 Å². The molecule has 5 aromatic rings. The first-order valence-electron chi connectivity index (χ1n) is 25.1. The third-order valence-electron chi connectivity index (χ3n) is 13.2. The van der Waals surface area contributed by atoms with Gasteiger partial charge in [0.05, 0.1) is 45.0 Å². The molecule has 20 heteroatoms. The van der Waals surface area contributed by atoms with Gasteiger partial charge in [0.2, 0.25) is 29.5 Å². The number of halogens is 2. The molecule has 0 radical (unpaired) electrons. The number of piperazine rings is 1. The van der Waals surface area contributed by atoms with Gasteiger partial charge in [0.25, 0.3) is 0 Å². The summed E-state index contributed by atoms with van der Waals surface area (Å²) in [4.78, 5) is 86.1. The molecule has 0 spiro atoms. The number of hydrogen-bond donors (Lipinski definition) is 5. The van der Waals surface area contributed by atoms with E-state index in [1.807, 2.05) is 62.4 Å². The highest BCUT2D eigenvalue weighted by Crippen LogP contribution is 2.35. The van der Waals surface area contributed by atoms with Crippen molar-refractivity contribution in [2.24, 2.45) is 5.41 Å². The summed E-state index contributed by atoms with van der Waals surface area (Å²) in [5.74, 6) is -1.02. The van der Waals surface area contributed by atoms with Gasteiger partial charge < -0.3 is 40.9 Å². The molecule has 0 aliphatic carbocycles. The lowest BCUT2D eigenvalue weighted by molar-refractivity contribution is -0.144. The highest BCUT2D eigenvalue weighted by Gasteiger charge is 2.44. The van der Waals surface area contributed by atoms with Crippen molar-refractivity contribution < 1.29 is 38.2 Å². The van der Waals surface area contributed by atoms with Crippen LogP contribution in [0, 0.1) is 18.2 Å². The summed E-state index contributed by atoms with van der Waals surface area (Å²) in [5.41, 5.74) is 5.54. The minimum absolute atomic E-state index is 0.000330. The zero-order valence-electron chi connectivity index (χ0n) is 42.4. The number of carbonyl (C=O) groups is 5. The van der Waals surface area contributed by atoms with Gasteiger partial charge in [-0.15, -0.1) is 11.3 Å². The Morgan fingerprint density at radius 3 is 2.39 bits per heavy atom. The number of fused-ring (bicyclic) bond motifs is 1. The Morgan fingerprint density at radius 2 is 1.70 bits per heavy atom. The zero-order valence-corrected chi connectivity index (χ0v) is 44.0. The van der Waals surface area contributed by atoms with Crippen LogP contribution in [0.2, 0.25) is 5.02 Å². The maximum absolute atomic E-state index is 14.1. The first-order chi connectivity index (χ1) is 35.5. The molecule has 2 aliphatic rings. The molecule has 2 aromatic heterocycles. The number of likely N-dealkylation sites (tertiary alicyclic amines) is 1. The number of carbonyl (C=O) groups excluding carboxylic acids is 5. The number of amides is 5. The Morgan fingerprint density at radius 1 is 0.959 bits per heavy atom. The highest BCUT2D eigenvalue weighted by molar-refractivity contribution is 7.13. The molecule has 74 heavy (non-hydrogen) atoms. The van der Waals surface area contributed by atoms with Crippen molar-refractivity contribution in [3.8, 4) is 16.2 Å². The molecule has 5 amide bonds. The van der Waals surface area contributed by atoms with Gasteiger partial charge in [0.1, 0.15) is 35.8 Å². The van der Waals surface area contributed by atoms with Crippen LogP contribution in [-0.2, 0) is 30.5 Å². The Balaban J connectivity index is 0.789. The Bertz CT molecular complexity index is 2800. The Labute approximate surface area is 440 Å². The SMILES string of the molecule is C=CC(=O)Nc1cc2c(Nc3ccc(F)c(Cl)c3)ncnc2cc1OCCCN1CCN(C(=O)CCCCCCC(=O)NC(C(=O)N2C[C@H](O)C[C@H]2C(=O)NCc2ccc(-c3scnc3C)cc2)C(C)(C)C)CC1. The highest BCUT2D eigenvalue weighted by atomic mass is 35.5. The number of unbranched alkanes of at least 4 members (excludes halogenated alkanes) is 3. The molecule has 2 aliphatic heterocycles. The zero-order chi connectivity index (χ0) is 52.9. The van der Waals surface area contributed by atoms with E-state index in [1.54, 1.807) is 23.5 Å². The van der Waals surface area contributed by atoms with Gasteiger partial charge in [-0.25, -0.2) is 19.3 Å². The fourth-order valence-electron chi connectivity index (χ4n) is 9.07. The van der Waals surface area contributed by atoms with Crippen molar-refractivity contribution in [2.75, 3.05) is 56.5 Å². The van der Waals surface area contributed by atoms with Crippen LogP contribution in [0.5, 0.6) is 5.75 Å². The minimum atomic E-state index is -0.904. The number of aromatic nitrogens is 3. The molecule has 1 unspecified atom stereocenters. The van der Waals surface area contributed by atoms with E-state index in [1.165, 1.54) is 29.4 Å². The van der Waals surface area contributed by atoms with Crippen molar-refractivity contribution in [1.29, 1.82) is 0 Å². The summed E-state index contributed by atoms with van der Waals surface area (Å²) < 4.78 is 19.9. The molecular formula is C54H66ClFN10O7S. The van der Waals surface area contributed by atoms with Crippen molar-refractivity contribution >= 4 is 80.6 Å². The topological polar surface area (TPSA) is 211 Å². The second kappa shape index (κ2) is 25.6. The van der Waals surface area contributed by atoms with Crippen LogP contribution in [0.1, 0.15) is 83.4 Å². The van der Waals surface area contributed by atoms with E-state index in [-0.39, 0.29) is 48.7 Å². The van der Waals surface area contributed by atoms with E-state index in [4.69, 9.17) is 16.3 Å². The number of aliphatic hydroxyl groups excluding tert-OH is 1. The van der Waals surface area contributed by atoms with Crippen molar-refractivity contribution in [3.63, 3.8) is 0 Å². The molecule has 17 nitrogen and oxygen atoms in total. The lowest BCUT2D eigenvalue weighted by Crippen LogP contribution is -2.57. The average molecular weight is 1050 g/mol. The van der Waals surface area contributed by atoms with Gasteiger partial charge in [0, 0.05) is 82.2 Å². The predicted octanol–water partition coefficient (Wildman–Crippen LogP) is 7.79. The maximum atomic E-state index is 14.1. The van der Waals surface area contributed by atoms with Crippen molar-refractivity contribution in [2.45, 2.75) is 104 Å². The number of nitrogens with one attached hydrogen (secondary N) is 4. The number of ether oxygens (including phenoxy) is 1. The van der Waals surface area contributed by atoms with E-state index in [0.29, 0.717) is 79.2 Å². The third-order valence-corrected chi connectivity index (χ3v) is 14.5. The number of thiazole rings is 1. The van der Waals surface area contributed by atoms with Gasteiger partial charge in [0.15, 0.2) is 0 Å². The van der Waals surface area contributed by atoms with E-state index in [0.717, 1.165) is 60.2 Å². The summed E-state index contributed by atoms with van der Waals surface area (Å²) in [6.07, 6.45) is 5.97. The van der Waals surface area contributed by atoms with Crippen LogP contribution in [0.4, 0.5) is 21.6 Å². The van der Waals surface area contributed by atoms with Crippen LogP contribution in [0.15, 0.2) is 79.1 Å². The fourth-order valence-corrected chi connectivity index (χ4v) is 10.1. The molecule has 4 heterocycles. The molecule has 0 saturated carbocycles. The molecule has 394 valence electrons. The van der Waals surface area contributed by atoms with Crippen molar-refractivity contribution in [1.82, 2.24) is 40.3 Å². The molecule has 7 rings (SSSR count). The molecule has 2 saturated heterocycles. The first-order valence-corrected chi connectivity index (χ1v) is 26.3. The quantitative estimate of drug-likeness (QED) is 0.0332. The number of hydrogen-bond acceptors (Lipinski definition) is 13. The first kappa shape index (κ1) is 55.2. The summed E-state index contributed by atoms with van der Waals surface area (Å²) in [6.45, 7) is 15.2. The van der Waals surface area contributed by atoms with E-state index >= 15 is 0 Å². The molecule has 3 atom stereocenters. The molecule has 0 bridgehead atoms. The van der Waals surface area contributed by atoms with Gasteiger partial charge in [-0.1, -0.05) is 76.1 Å². The van der Waals surface area contributed by atoms with Crippen LogP contribution in [-0.4, -0.2) is 128 Å². The number of nitrogens with zero attached hydrogens (tertiary/aromatic N) is 6. The summed E-state index contributed by atoms with van der Waals surface area (Å²) in [7, 11) is 0. The number of anilines is 3. The van der Waals surface area contributed by atoms with Crippen LogP contribution in [0.25, 0.3) is 21.3 Å². The lowest BCUT2D eigenvalue weighted by Gasteiger charge is -2.35. The van der Waals surface area contributed by atoms with E-state index in [9.17, 15) is 33.5 Å². The lowest BCUT2D eigenvalue weighted by atomic mass is 9.85. The smallest absolute Gasteiger partial charge is 0.247 e. The number of β-amino-alcohol motifs (C(OH)–C–C–N with tert-alkyl or cyclic N) is 1. The summed E-state index contributed by atoms with van der Waals surface area (Å²) in [5, 5.41) is 23.0. The monoisotopic (exact) mass is 1050 g/mol. The number of benzene rings is 3. The average Bonchev–Trinajstić information content (AvgIpc) is 4.00. The van der Waals surface area contributed by atoms with Crippen LogP contribution in [0.3, 0.4) is 0 Å². The number of aryl methyl sites for hydroxylation is 1. The van der Waals surface area contributed by atoms with E-state index < -0.39 is 41.2 Å². The van der Waals surface area contributed by atoms with Crippen molar-refractivity contribution in [3.05, 3.63) is 101 Å². The second-order valence-corrected chi connectivity index (χ2v) is 21.1. The minimum Gasteiger partial charge on any atom is -0.491 e. The normalized spacial score (nSPS) is 16.4. The maximum Gasteiger partial charge on any atom is 0.247 e. The Kier molecular flexibility index (Phi) is 19.1. The fraction of sp³-hybridized carbons (Fsp3) is 0.444. The number of rotatable bonds is 22. The molecule has 3 aromatic carbocycles. The van der Waals surface area contributed by atoms with Gasteiger partial charge in [-0.05, 0) is 73.1 Å². The molecule has 5 N–H and O–H groups in total. The summed E-state index contributed by atoms with van der Waals surface area (Å²) in [6, 6.07) is 13.8. The van der Waals surface area contributed by atoms with Crippen LogP contribution < -0.4 is 26.0 Å². The standard InChI is InChI=1S/C54H66ClFN10O7S/c1-6-46(68)62-43-28-39-42(58-32-59-51(39)61-37-18-19-41(56)40(55)26-37)29-45(43)73-25-11-20-64-21-23-65(24-22-64)48(70)13-10-8-7-9-12-47(69)63-50(54(3,4)5)53(72)66-31-38(67)27-44(66)52(71)57-30-35-14-16-36(17-15-35)49-34(2)60-33-74-49/h6,14-19,26,28-29,32-33,38,44,50,67H,1,7-13,20-25,27,30-31H2,2-5H3,(H,57,71)(H,62,68)(H,63,69)(H,58,59,61)/t38-,44+,50?/m1/s1. The Hall–Kier alpha value is -6.54. The van der Waals surface area contributed by atoms with Gasteiger partial charge in [-0.2, -0.15) is 0 Å². The summed E-state index contributed by atoms with van der Waals surface area (Å²) >= 11 is 7.55. The van der Waals surface area contributed by atoms with Gasteiger partial charge >= 0.3 is 0 Å². The number of aliphatic hydroxyl groups is 1. The second-order valence-electron chi connectivity index (χ2n) is 19.8. The molecule has 2 fully saturated rings.